The molecule has 0 bridgehead atoms. The number of hydrogen-bond acceptors (Lipinski definition) is 2. The van der Waals surface area contributed by atoms with E-state index in [1.165, 1.54) is 25.7 Å². The molecule has 2 unspecified atom stereocenters. The van der Waals surface area contributed by atoms with Gasteiger partial charge in [0.1, 0.15) is 5.82 Å². The molecule has 2 aliphatic carbocycles. The second-order valence-electron chi connectivity index (χ2n) is 5.57. The number of nitrogens with one attached hydrogen (secondary N) is 2. The highest BCUT2D eigenvalue weighted by atomic mass is 16.2. The normalized spacial score (nSPS) is 29.7. The first kappa shape index (κ1) is 11.8. The van der Waals surface area contributed by atoms with E-state index in [9.17, 15) is 4.79 Å². The lowest BCUT2D eigenvalue weighted by Gasteiger charge is -2.04. The third kappa shape index (κ3) is 2.42. The van der Waals surface area contributed by atoms with Crippen LogP contribution in [0.5, 0.6) is 0 Å². The lowest BCUT2D eigenvalue weighted by atomic mass is 10.0. The number of imidazole rings is 1. The van der Waals surface area contributed by atoms with E-state index in [0.717, 1.165) is 25.2 Å². The number of aromatic amines is 1. The molecule has 3 rings (SSSR count). The summed E-state index contributed by atoms with van der Waals surface area (Å²) < 4.78 is 0. The first-order valence-corrected chi connectivity index (χ1v) is 7.12. The van der Waals surface area contributed by atoms with Gasteiger partial charge in [-0.2, -0.15) is 0 Å². The molecule has 1 heterocycles. The maximum Gasteiger partial charge on any atom is 0.223 e. The van der Waals surface area contributed by atoms with Crippen molar-refractivity contribution in [2.75, 3.05) is 6.54 Å². The Morgan fingerprint density at radius 1 is 1.39 bits per heavy atom. The molecule has 1 amide bonds. The highest BCUT2D eigenvalue weighted by Gasteiger charge is 2.54. The zero-order chi connectivity index (χ0) is 12.4. The number of rotatable bonds is 5. The minimum absolute atomic E-state index is 0.298. The minimum atomic E-state index is 0.298. The highest BCUT2D eigenvalue weighted by Crippen LogP contribution is 2.55. The molecule has 4 nitrogen and oxygen atoms in total. The van der Waals surface area contributed by atoms with E-state index in [1.54, 1.807) is 6.20 Å². The molecule has 98 valence electrons. The first-order valence-electron chi connectivity index (χ1n) is 7.12. The van der Waals surface area contributed by atoms with Gasteiger partial charge in [0.25, 0.3) is 0 Å². The Morgan fingerprint density at radius 2 is 2.17 bits per heavy atom. The monoisotopic (exact) mass is 247 g/mol. The predicted molar refractivity (Wildman–Crippen MR) is 68.9 cm³/mol. The van der Waals surface area contributed by atoms with Crippen molar-refractivity contribution in [3.8, 4) is 0 Å². The van der Waals surface area contributed by atoms with Crippen molar-refractivity contribution in [3.05, 3.63) is 18.2 Å². The van der Waals surface area contributed by atoms with E-state index in [2.05, 4.69) is 15.3 Å². The van der Waals surface area contributed by atoms with Gasteiger partial charge in [0.05, 0.1) is 0 Å². The number of carbonyl (C=O) groups excluding carboxylic acids is 1. The van der Waals surface area contributed by atoms with Gasteiger partial charge in [-0.15, -0.1) is 0 Å². The maximum absolute atomic E-state index is 12.0. The standard InChI is InChI=1S/C14H21N3O/c18-14(13-10-4-1-2-5-11(10)13)17-7-3-6-12-15-8-9-16-12/h8-11,13H,1-7H2,(H,15,16)(H,17,18). The van der Waals surface area contributed by atoms with E-state index in [0.29, 0.717) is 23.7 Å². The van der Waals surface area contributed by atoms with Crippen LogP contribution in [-0.4, -0.2) is 22.4 Å². The van der Waals surface area contributed by atoms with Gasteiger partial charge in [0, 0.05) is 31.3 Å². The fourth-order valence-electron chi connectivity index (χ4n) is 3.40. The van der Waals surface area contributed by atoms with E-state index in [1.807, 2.05) is 6.20 Å². The van der Waals surface area contributed by atoms with Crippen LogP contribution < -0.4 is 5.32 Å². The first-order chi connectivity index (χ1) is 8.86. The number of fused-ring (bicyclic) bond motifs is 1. The Hall–Kier alpha value is -1.32. The fraction of sp³-hybridized carbons (Fsp3) is 0.714. The molecule has 18 heavy (non-hydrogen) atoms. The number of hydrogen-bond donors (Lipinski definition) is 2. The predicted octanol–water partition coefficient (Wildman–Crippen LogP) is 1.89. The SMILES string of the molecule is O=C(NCCCc1ncc[nH]1)C1C2CCCCC21. The van der Waals surface area contributed by atoms with Crippen molar-refractivity contribution in [1.82, 2.24) is 15.3 Å². The van der Waals surface area contributed by atoms with Crippen molar-refractivity contribution in [2.24, 2.45) is 17.8 Å². The average Bonchev–Trinajstić information content (AvgIpc) is 2.89. The van der Waals surface area contributed by atoms with Crippen molar-refractivity contribution in [3.63, 3.8) is 0 Å². The number of amides is 1. The summed E-state index contributed by atoms with van der Waals surface area (Å²) in [4.78, 5) is 19.2. The number of aromatic nitrogens is 2. The van der Waals surface area contributed by atoms with Gasteiger partial charge < -0.3 is 10.3 Å². The summed E-state index contributed by atoms with van der Waals surface area (Å²) in [5.41, 5.74) is 0. The number of carbonyl (C=O) groups is 1. The molecule has 1 aromatic rings. The third-order valence-corrected chi connectivity index (χ3v) is 4.40. The second kappa shape index (κ2) is 5.12. The van der Waals surface area contributed by atoms with Crippen LogP contribution in [0.3, 0.4) is 0 Å². The summed E-state index contributed by atoms with van der Waals surface area (Å²) >= 11 is 0. The Kier molecular flexibility index (Phi) is 3.35. The van der Waals surface area contributed by atoms with Crippen LogP contribution in [0.25, 0.3) is 0 Å². The molecule has 2 atom stereocenters. The lowest BCUT2D eigenvalue weighted by Crippen LogP contribution is -2.27. The highest BCUT2D eigenvalue weighted by molar-refractivity contribution is 5.82. The summed E-state index contributed by atoms with van der Waals surface area (Å²) in [6, 6.07) is 0. The van der Waals surface area contributed by atoms with Crippen LogP contribution in [0.1, 0.15) is 37.9 Å². The molecule has 1 aromatic heterocycles. The molecule has 0 aliphatic heterocycles. The van der Waals surface area contributed by atoms with Gasteiger partial charge in [-0.05, 0) is 31.1 Å². The van der Waals surface area contributed by atoms with Crippen LogP contribution in [0, 0.1) is 17.8 Å². The van der Waals surface area contributed by atoms with Gasteiger partial charge in [-0.25, -0.2) is 4.98 Å². The van der Waals surface area contributed by atoms with Gasteiger partial charge in [-0.1, -0.05) is 12.8 Å². The van der Waals surface area contributed by atoms with Crippen LogP contribution in [0.2, 0.25) is 0 Å². The summed E-state index contributed by atoms with van der Waals surface area (Å²) in [5, 5.41) is 3.08. The van der Waals surface area contributed by atoms with Crippen LogP contribution in [0.15, 0.2) is 12.4 Å². The number of H-pyrrole nitrogens is 1. The molecule has 2 saturated carbocycles. The quantitative estimate of drug-likeness (QED) is 0.781. The van der Waals surface area contributed by atoms with E-state index in [4.69, 9.17) is 0 Å². The Bertz CT molecular complexity index is 389. The summed E-state index contributed by atoms with van der Waals surface area (Å²) in [6.45, 7) is 0.773. The van der Waals surface area contributed by atoms with Gasteiger partial charge >= 0.3 is 0 Å². The fourth-order valence-corrected chi connectivity index (χ4v) is 3.40. The topological polar surface area (TPSA) is 57.8 Å². The summed E-state index contributed by atoms with van der Waals surface area (Å²) in [7, 11) is 0. The van der Waals surface area contributed by atoms with Gasteiger partial charge in [0.2, 0.25) is 5.91 Å². The van der Waals surface area contributed by atoms with Crippen molar-refractivity contribution in [1.29, 1.82) is 0 Å². The molecule has 2 N–H and O–H groups in total. The average molecular weight is 247 g/mol. The lowest BCUT2D eigenvalue weighted by molar-refractivity contribution is -0.122. The molecule has 2 aliphatic rings. The van der Waals surface area contributed by atoms with Crippen molar-refractivity contribution in [2.45, 2.75) is 38.5 Å². The zero-order valence-electron chi connectivity index (χ0n) is 10.7. The molecule has 0 saturated heterocycles. The summed E-state index contributed by atoms with van der Waals surface area (Å²) in [6.07, 6.45) is 10.7. The van der Waals surface area contributed by atoms with Gasteiger partial charge in [-0.3, -0.25) is 4.79 Å². The van der Waals surface area contributed by atoms with Crippen molar-refractivity contribution >= 4 is 5.91 Å². The molecular formula is C14H21N3O. The zero-order valence-corrected chi connectivity index (χ0v) is 10.7. The molecule has 2 fully saturated rings. The molecular weight excluding hydrogens is 226 g/mol. The Labute approximate surface area is 108 Å². The Morgan fingerprint density at radius 3 is 2.83 bits per heavy atom. The Balaban J connectivity index is 1.35. The van der Waals surface area contributed by atoms with Gasteiger partial charge in [0.15, 0.2) is 0 Å². The maximum atomic E-state index is 12.0. The molecule has 0 spiro atoms. The van der Waals surface area contributed by atoms with Crippen LogP contribution in [0.4, 0.5) is 0 Å². The second-order valence-corrected chi connectivity index (χ2v) is 5.57. The minimum Gasteiger partial charge on any atom is -0.356 e. The largest absolute Gasteiger partial charge is 0.356 e. The number of aryl methyl sites for hydroxylation is 1. The van der Waals surface area contributed by atoms with E-state index < -0.39 is 0 Å². The van der Waals surface area contributed by atoms with E-state index >= 15 is 0 Å². The van der Waals surface area contributed by atoms with Crippen LogP contribution in [-0.2, 0) is 11.2 Å². The number of nitrogens with zero attached hydrogens (tertiary/aromatic N) is 1. The molecule has 0 aromatic carbocycles. The molecule has 0 radical (unpaired) electrons. The molecule has 4 heteroatoms. The third-order valence-electron chi connectivity index (χ3n) is 4.40. The smallest absolute Gasteiger partial charge is 0.223 e. The van der Waals surface area contributed by atoms with Crippen LogP contribution >= 0.6 is 0 Å². The summed E-state index contributed by atoms with van der Waals surface area (Å²) in [5.74, 6) is 3.07. The van der Waals surface area contributed by atoms with E-state index in [-0.39, 0.29) is 0 Å². The van der Waals surface area contributed by atoms with Crippen molar-refractivity contribution < 1.29 is 4.79 Å².